The highest BCUT2D eigenvalue weighted by atomic mass is 16.5. The molecular weight excluding hydrogens is 244 g/mol. The van der Waals surface area contributed by atoms with Crippen LogP contribution in [0.4, 0.5) is 0 Å². The Kier molecular flexibility index (Phi) is 7.10. The molecule has 0 heterocycles. The molecule has 116 valence electrons. The Morgan fingerprint density at radius 3 is 2.20 bits per heavy atom. The molecule has 0 aliphatic heterocycles. The zero-order chi connectivity index (χ0) is 15.1. The third-order valence-electron chi connectivity index (χ3n) is 4.58. The van der Waals surface area contributed by atoms with Gasteiger partial charge in [0.05, 0.1) is 6.10 Å². The monoisotopic (exact) mass is 278 g/mol. The van der Waals surface area contributed by atoms with Crippen LogP contribution in [0.1, 0.15) is 91.9 Å². The molecular formula is C19H34O. The van der Waals surface area contributed by atoms with Gasteiger partial charge in [-0.2, -0.15) is 0 Å². The summed E-state index contributed by atoms with van der Waals surface area (Å²) in [6.07, 6.45) is 18.4. The van der Waals surface area contributed by atoms with Gasteiger partial charge >= 0.3 is 0 Å². The molecule has 0 saturated heterocycles. The molecule has 0 bridgehead atoms. The van der Waals surface area contributed by atoms with Gasteiger partial charge in [0.25, 0.3) is 0 Å². The van der Waals surface area contributed by atoms with Crippen molar-refractivity contribution >= 4 is 0 Å². The molecule has 1 aliphatic carbocycles. The van der Waals surface area contributed by atoms with Crippen molar-refractivity contribution < 1.29 is 4.74 Å². The van der Waals surface area contributed by atoms with E-state index >= 15 is 0 Å². The van der Waals surface area contributed by atoms with Crippen LogP contribution in [0.3, 0.4) is 0 Å². The molecule has 20 heavy (non-hydrogen) atoms. The minimum absolute atomic E-state index is 0.178. The molecule has 1 fully saturated rings. The van der Waals surface area contributed by atoms with Gasteiger partial charge in [-0.3, -0.25) is 0 Å². The van der Waals surface area contributed by atoms with Gasteiger partial charge in [-0.05, 0) is 37.5 Å². The zero-order valence-electron chi connectivity index (χ0n) is 14.1. The molecule has 0 N–H and O–H groups in total. The Hall–Kier alpha value is -0.480. The summed E-state index contributed by atoms with van der Waals surface area (Å²) >= 11 is 0. The summed E-state index contributed by atoms with van der Waals surface area (Å²) in [4.78, 5) is 0. The third kappa shape index (κ3) is 5.49. The normalized spacial score (nSPS) is 19.8. The molecule has 1 unspecified atom stereocenters. The first kappa shape index (κ1) is 17.6. The van der Waals surface area contributed by atoms with Gasteiger partial charge in [0, 0.05) is 0 Å². The molecule has 1 atom stereocenters. The molecule has 0 aromatic carbocycles. The molecule has 1 rings (SSSR count). The topological polar surface area (TPSA) is 9.23 Å². The Balaban J connectivity index is 2.50. The number of hydrogen-bond donors (Lipinski definition) is 0. The summed E-state index contributed by atoms with van der Waals surface area (Å²) in [6, 6.07) is 0. The molecule has 0 radical (unpaired) electrons. The first-order valence-electron chi connectivity index (χ1n) is 8.59. The quantitative estimate of drug-likeness (QED) is 0.407. The first-order chi connectivity index (χ1) is 9.43. The van der Waals surface area contributed by atoms with Crippen LogP contribution >= 0.6 is 0 Å². The van der Waals surface area contributed by atoms with Crippen LogP contribution in [0.5, 0.6) is 0 Å². The van der Waals surface area contributed by atoms with E-state index in [0.29, 0.717) is 6.10 Å². The highest BCUT2D eigenvalue weighted by molar-refractivity contribution is 5.11. The van der Waals surface area contributed by atoms with E-state index in [9.17, 15) is 0 Å². The fourth-order valence-electron chi connectivity index (χ4n) is 3.12. The minimum atomic E-state index is -0.263. The molecule has 1 heteroatoms. The van der Waals surface area contributed by atoms with Crippen molar-refractivity contribution in [2.75, 3.05) is 0 Å². The molecule has 0 amide bonds. The fraction of sp³-hybridized carbons (Fsp3) is 0.895. The van der Waals surface area contributed by atoms with Crippen LogP contribution in [-0.2, 0) is 4.74 Å². The molecule has 1 nitrogen and oxygen atoms in total. The predicted molar refractivity (Wildman–Crippen MR) is 87.7 cm³/mol. The van der Waals surface area contributed by atoms with Gasteiger partial charge in [0.1, 0.15) is 5.60 Å². The second-order valence-electron chi connectivity index (χ2n) is 7.52. The van der Waals surface area contributed by atoms with E-state index in [2.05, 4.69) is 33.6 Å². The Bertz CT molecular complexity index is 299. The largest absolute Gasteiger partial charge is 0.359 e. The second-order valence-corrected chi connectivity index (χ2v) is 7.52. The molecule has 0 aromatic rings. The van der Waals surface area contributed by atoms with Crippen LogP contribution in [-0.4, -0.2) is 11.7 Å². The third-order valence-corrected chi connectivity index (χ3v) is 4.58. The summed E-state index contributed by atoms with van der Waals surface area (Å²) in [6.45, 7) is 9.10. The van der Waals surface area contributed by atoms with E-state index in [4.69, 9.17) is 11.2 Å². The van der Waals surface area contributed by atoms with Gasteiger partial charge in [-0.1, -0.05) is 65.7 Å². The van der Waals surface area contributed by atoms with Gasteiger partial charge in [0.2, 0.25) is 0 Å². The standard InChI is InChI=1S/C19H34O/c1-6-8-9-10-11-14-17(18(3,4)5)20-19(7-2)15-12-13-16-19/h2,17H,6,8-16H2,1,3-5H3. The van der Waals surface area contributed by atoms with Crippen molar-refractivity contribution in [1.82, 2.24) is 0 Å². The lowest BCUT2D eigenvalue weighted by Gasteiger charge is -2.37. The van der Waals surface area contributed by atoms with Gasteiger partial charge in [-0.25, -0.2) is 0 Å². The summed E-state index contributed by atoms with van der Waals surface area (Å²) in [5.41, 5.74) is -0.0848. The summed E-state index contributed by atoms with van der Waals surface area (Å²) in [7, 11) is 0. The van der Waals surface area contributed by atoms with E-state index in [1.165, 1.54) is 44.9 Å². The minimum Gasteiger partial charge on any atom is -0.359 e. The van der Waals surface area contributed by atoms with E-state index < -0.39 is 0 Å². The highest BCUT2D eigenvalue weighted by Gasteiger charge is 2.38. The van der Waals surface area contributed by atoms with Gasteiger partial charge in [-0.15, -0.1) is 6.42 Å². The Morgan fingerprint density at radius 2 is 1.70 bits per heavy atom. The van der Waals surface area contributed by atoms with Crippen molar-refractivity contribution in [3.05, 3.63) is 0 Å². The number of unbranched alkanes of at least 4 members (excludes halogenated alkanes) is 4. The number of rotatable bonds is 8. The SMILES string of the molecule is C#CC1(OC(CCCCCCC)C(C)(C)C)CCCC1. The highest BCUT2D eigenvalue weighted by Crippen LogP contribution is 2.38. The van der Waals surface area contributed by atoms with Crippen molar-refractivity contribution in [2.45, 2.75) is 104 Å². The number of ether oxygens (including phenoxy) is 1. The lowest BCUT2D eigenvalue weighted by molar-refractivity contribution is -0.103. The Labute approximate surface area is 126 Å². The van der Waals surface area contributed by atoms with Crippen molar-refractivity contribution in [1.29, 1.82) is 0 Å². The molecule has 1 saturated carbocycles. The van der Waals surface area contributed by atoms with E-state index in [1.54, 1.807) is 0 Å². The summed E-state index contributed by atoms with van der Waals surface area (Å²) < 4.78 is 6.48. The van der Waals surface area contributed by atoms with E-state index in [1.807, 2.05) is 0 Å². The van der Waals surface area contributed by atoms with Crippen LogP contribution < -0.4 is 0 Å². The van der Waals surface area contributed by atoms with Gasteiger partial charge in [0.15, 0.2) is 0 Å². The fourth-order valence-corrected chi connectivity index (χ4v) is 3.12. The van der Waals surface area contributed by atoms with E-state index in [-0.39, 0.29) is 11.0 Å². The van der Waals surface area contributed by atoms with Crippen molar-refractivity contribution in [2.24, 2.45) is 5.41 Å². The molecule has 0 spiro atoms. The summed E-state index contributed by atoms with van der Waals surface area (Å²) in [5, 5.41) is 0. The van der Waals surface area contributed by atoms with Crippen molar-refractivity contribution in [3.8, 4) is 12.3 Å². The number of terminal acetylenes is 1. The van der Waals surface area contributed by atoms with Crippen LogP contribution in [0.15, 0.2) is 0 Å². The molecule has 0 aromatic heterocycles. The Morgan fingerprint density at radius 1 is 1.10 bits per heavy atom. The number of hydrogen-bond acceptors (Lipinski definition) is 1. The lowest BCUT2D eigenvalue weighted by Crippen LogP contribution is -2.39. The van der Waals surface area contributed by atoms with Crippen LogP contribution in [0.2, 0.25) is 0 Å². The zero-order valence-corrected chi connectivity index (χ0v) is 14.1. The smallest absolute Gasteiger partial charge is 0.128 e. The van der Waals surface area contributed by atoms with Crippen LogP contribution in [0.25, 0.3) is 0 Å². The average molecular weight is 278 g/mol. The molecule has 1 aliphatic rings. The summed E-state index contributed by atoms with van der Waals surface area (Å²) in [5.74, 6) is 2.97. The lowest BCUT2D eigenvalue weighted by atomic mass is 9.85. The first-order valence-corrected chi connectivity index (χ1v) is 8.59. The average Bonchev–Trinajstić information content (AvgIpc) is 2.85. The van der Waals surface area contributed by atoms with Crippen molar-refractivity contribution in [3.63, 3.8) is 0 Å². The second kappa shape index (κ2) is 8.08. The van der Waals surface area contributed by atoms with Crippen LogP contribution in [0, 0.1) is 17.8 Å². The maximum atomic E-state index is 6.48. The predicted octanol–water partition coefficient (Wildman–Crippen LogP) is 5.72. The maximum Gasteiger partial charge on any atom is 0.128 e. The maximum absolute atomic E-state index is 6.48. The van der Waals surface area contributed by atoms with Gasteiger partial charge < -0.3 is 4.74 Å². The van der Waals surface area contributed by atoms with E-state index in [0.717, 1.165) is 19.3 Å².